The summed E-state index contributed by atoms with van der Waals surface area (Å²) in [6.07, 6.45) is 14.3. The van der Waals surface area contributed by atoms with Gasteiger partial charge >= 0.3 is 0 Å². The Morgan fingerprint density at radius 3 is 1.72 bits per heavy atom. The van der Waals surface area contributed by atoms with Crippen molar-refractivity contribution in [1.82, 2.24) is 10.2 Å². The van der Waals surface area contributed by atoms with Crippen molar-refractivity contribution in [2.75, 3.05) is 19.6 Å². The summed E-state index contributed by atoms with van der Waals surface area (Å²) in [5.74, 6) is -12.5. The van der Waals surface area contributed by atoms with Gasteiger partial charge in [0.1, 0.15) is 5.56 Å². The van der Waals surface area contributed by atoms with Crippen LogP contribution in [0.1, 0.15) is 142 Å². The first kappa shape index (κ1) is 42.4. The molecule has 0 spiro atoms. The van der Waals surface area contributed by atoms with Crippen LogP contribution < -0.4 is 5.32 Å². The number of hydrogen-bond acceptors (Lipinski definition) is 5. The zero-order valence-electron chi connectivity index (χ0n) is 31.1. The summed E-state index contributed by atoms with van der Waals surface area (Å²) >= 11 is 0. The van der Waals surface area contributed by atoms with Gasteiger partial charge in [-0.25, -0.2) is 22.0 Å². The average molecular weight is 747 g/mol. The Kier molecular flexibility index (Phi) is 17.7. The molecule has 0 saturated carbocycles. The van der Waals surface area contributed by atoms with Crippen LogP contribution in [-0.4, -0.2) is 41.7 Å². The molecule has 1 heterocycles. The van der Waals surface area contributed by atoms with Gasteiger partial charge in [-0.3, -0.25) is 4.79 Å². The maximum atomic E-state index is 14.2. The van der Waals surface area contributed by atoms with Gasteiger partial charge < -0.3 is 24.8 Å². The van der Waals surface area contributed by atoms with Crippen molar-refractivity contribution in [1.29, 1.82) is 0 Å². The summed E-state index contributed by atoms with van der Waals surface area (Å²) in [6.45, 7) is 6.95. The Hall–Kier alpha value is -3.38. The van der Waals surface area contributed by atoms with Gasteiger partial charge in [0.05, 0.1) is 18.8 Å². The van der Waals surface area contributed by atoms with Crippen LogP contribution in [0.25, 0.3) is 0 Å². The maximum absolute atomic E-state index is 14.2. The van der Waals surface area contributed by atoms with Crippen molar-refractivity contribution in [2.45, 2.75) is 129 Å². The lowest BCUT2D eigenvalue weighted by atomic mass is 9.99. The highest BCUT2D eigenvalue weighted by molar-refractivity contribution is 5.94. The fourth-order valence-electron chi connectivity index (χ4n) is 6.71. The molecule has 1 amide bonds. The van der Waals surface area contributed by atoms with Gasteiger partial charge in [-0.1, -0.05) is 127 Å². The fraction of sp³-hybridized carbons (Fsp3) is 0.548. The molecule has 0 unspecified atom stereocenters. The number of benzene rings is 3. The highest BCUT2D eigenvalue weighted by atomic mass is 19.2. The van der Waals surface area contributed by atoms with Gasteiger partial charge in [0.25, 0.3) is 5.91 Å². The van der Waals surface area contributed by atoms with Gasteiger partial charge in [-0.05, 0) is 42.6 Å². The van der Waals surface area contributed by atoms with Crippen molar-refractivity contribution in [3.05, 3.63) is 105 Å². The first-order valence-corrected chi connectivity index (χ1v) is 19.3. The van der Waals surface area contributed by atoms with Gasteiger partial charge in [-0.2, -0.15) is 0 Å². The van der Waals surface area contributed by atoms with E-state index in [1.807, 2.05) is 24.3 Å². The van der Waals surface area contributed by atoms with Crippen molar-refractivity contribution in [3.63, 3.8) is 0 Å². The van der Waals surface area contributed by atoms with Crippen LogP contribution in [-0.2, 0) is 22.6 Å². The highest BCUT2D eigenvalue weighted by Crippen LogP contribution is 2.38. The second kappa shape index (κ2) is 22.1. The third kappa shape index (κ3) is 12.6. The maximum Gasteiger partial charge on any atom is 0.257 e. The van der Waals surface area contributed by atoms with E-state index in [2.05, 4.69) is 24.1 Å². The van der Waals surface area contributed by atoms with E-state index in [0.717, 1.165) is 49.2 Å². The van der Waals surface area contributed by atoms with Crippen molar-refractivity contribution < 1.29 is 41.3 Å². The summed E-state index contributed by atoms with van der Waals surface area (Å²) in [6, 6.07) is 14.6. The molecule has 53 heavy (non-hydrogen) atoms. The minimum absolute atomic E-state index is 0.0552. The molecule has 1 aliphatic heterocycles. The molecule has 3 atom stereocenters. The van der Waals surface area contributed by atoms with E-state index < -0.39 is 46.8 Å². The number of ether oxygens (including phenoxy) is 2. The summed E-state index contributed by atoms with van der Waals surface area (Å²) in [5.41, 5.74) is 1.50. The predicted octanol–water partition coefficient (Wildman–Crippen LogP) is 10.4. The van der Waals surface area contributed by atoms with Crippen LogP contribution in [0.4, 0.5) is 22.0 Å². The quantitative estimate of drug-likeness (QED) is 0.0464. The molecule has 1 saturated heterocycles. The molecule has 0 aliphatic carbocycles. The molecular weight excluding hydrogens is 691 g/mol. The van der Waals surface area contributed by atoms with E-state index in [0.29, 0.717) is 12.0 Å². The minimum atomic E-state index is -2.32. The molecule has 3 aromatic rings. The van der Waals surface area contributed by atoms with Crippen LogP contribution >= 0.6 is 0 Å². The second-order valence-corrected chi connectivity index (χ2v) is 14.1. The van der Waals surface area contributed by atoms with Gasteiger partial charge in [0, 0.05) is 25.1 Å². The lowest BCUT2D eigenvalue weighted by Gasteiger charge is -2.38. The number of amides is 1. The summed E-state index contributed by atoms with van der Waals surface area (Å²) in [4.78, 5) is 15.0. The minimum Gasteiger partial charge on any atom is -0.392 e. The van der Waals surface area contributed by atoms with Crippen LogP contribution in [0.15, 0.2) is 48.5 Å². The summed E-state index contributed by atoms with van der Waals surface area (Å²) in [5, 5.41) is 11.8. The third-order valence-electron chi connectivity index (χ3n) is 9.87. The van der Waals surface area contributed by atoms with Crippen molar-refractivity contribution >= 4 is 5.91 Å². The number of aliphatic hydroxyl groups is 1. The molecule has 3 aromatic carbocycles. The number of nitrogens with one attached hydrogen (secondary N) is 1. The van der Waals surface area contributed by atoms with Crippen LogP contribution in [0.5, 0.6) is 0 Å². The van der Waals surface area contributed by atoms with E-state index in [-0.39, 0.29) is 25.4 Å². The number of carbonyl (C=O) groups is 1. The smallest absolute Gasteiger partial charge is 0.257 e. The first-order chi connectivity index (χ1) is 25.7. The molecular formula is C42H55F5N2O4. The lowest BCUT2D eigenvalue weighted by molar-refractivity contribution is -0.253. The third-order valence-corrected chi connectivity index (χ3v) is 9.87. The molecule has 6 nitrogen and oxygen atoms in total. The first-order valence-electron chi connectivity index (χ1n) is 19.3. The summed E-state index contributed by atoms with van der Waals surface area (Å²) < 4.78 is 82.2. The lowest BCUT2D eigenvalue weighted by Crippen LogP contribution is -2.40. The SMILES string of the molecule is CCCCCCCCN(CCCCCCCC)C[C@H]1C[C@@H](c2ccc(CO)cc2)O[C@@H](c2ccc(CNC(=O)c3c(F)c(F)c(F)c(F)c3F)cc2)O1. The van der Waals surface area contributed by atoms with E-state index >= 15 is 0 Å². The van der Waals surface area contributed by atoms with Crippen LogP contribution in [0.2, 0.25) is 0 Å². The second-order valence-electron chi connectivity index (χ2n) is 14.1. The molecule has 0 aromatic heterocycles. The molecule has 4 rings (SSSR count). The monoisotopic (exact) mass is 746 g/mol. The number of hydrogen-bond donors (Lipinski definition) is 2. The normalized spacial score (nSPS) is 17.4. The van der Waals surface area contributed by atoms with Crippen molar-refractivity contribution in [3.8, 4) is 0 Å². The number of unbranched alkanes of at least 4 members (excludes halogenated alkanes) is 10. The zero-order chi connectivity index (χ0) is 38.2. The van der Waals surface area contributed by atoms with Crippen molar-refractivity contribution in [2.24, 2.45) is 0 Å². The van der Waals surface area contributed by atoms with Gasteiger partial charge in [0.2, 0.25) is 5.82 Å². The van der Waals surface area contributed by atoms with Crippen LogP contribution in [0.3, 0.4) is 0 Å². The van der Waals surface area contributed by atoms with E-state index in [1.165, 1.54) is 64.2 Å². The van der Waals surface area contributed by atoms with E-state index in [9.17, 15) is 31.9 Å². The Morgan fingerprint density at radius 2 is 1.17 bits per heavy atom. The number of carbonyl (C=O) groups excluding carboxylic acids is 1. The van der Waals surface area contributed by atoms with Gasteiger partial charge in [0.15, 0.2) is 29.6 Å². The predicted molar refractivity (Wildman–Crippen MR) is 195 cm³/mol. The Balaban J connectivity index is 1.46. The topological polar surface area (TPSA) is 71.0 Å². The van der Waals surface area contributed by atoms with Gasteiger partial charge in [-0.15, -0.1) is 0 Å². The van der Waals surface area contributed by atoms with E-state index in [4.69, 9.17) is 9.47 Å². The number of rotatable bonds is 22. The standard InChI is InChI=1S/C42H55F5N2O4/c1-3-5-7-9-11-13-23-49(24-14-12-10-8-6-4-2)27-33-25-34(31-19-17-30(28-50)18-20-31)53-42(52-33)32-21-15-29(16-22-32)26-48-41(51)35-36(43)38(45)40(47)39(46)37(35)44/h15-22,33-34,42,50H,3-14,23-28H2,1-2H3,(H,48,51)/t33-,34+,42+/m1/s1. The Labute approximate surface area is 311 Å². The Bertz CT molecular complexity index is 1510. The number of aliphatic hydroxyl groups excluding tert-OH is 1. The molecule has 292 valence electrons. The molecule has 2 N–H and O–H groups in total. The fourth-order valence-corrected chi connectivity index (χ4v) is 6.71. The number of halogens is 5. The van der Waals surface area contributed by atoms with Crippen LogP contribution in [0, 0.1) is 29.1 Å². The summed E-state index contributed by atoms with van der Waals surface area (Å²) in [7, 11) is 0. The molecule has 11 heteroatoms. The number of nitrogens with zero attached hydrogens (tertiary/aromatic N) is 1. The largest absolute Gasteiger partial charge is 0.392 e. The molecule has 1 fully saturated rings. The highest BCUT2D eigenvalue weighted by Gasteiger charge is 2.33. The Morgan fingerprint density at radius 1 is 0.679 bits per heavy atom. The average Bonchev–Trinajstić information content (AvgIpc) is 3.18. The molecule has 0 radical (unpaired) electrons. The molecule has 0 bridgehead atoms. The zero-order valence-corrected chi connectivity index (χ0v) is 31.1. The van der Waals surface area contributed by atoms with E-state index in [1.54, 1.807) is 24.3 Å². The molecule has 1 aliphatic rings.